The maximum absolute atomic E-state index is 12.2. The van der Waals surface area contributed by atoms with Crippen molar-refractivity contribution in [2.75, 3.05) is 11.1 Å². The van der Waals surface area contributed by atoms with Crippen molar-refractivity contribution in [2.45, 2.75) is 52.1 Å². The normalized spacial score (nSPS) is 16.8. The Morgan fingerprint density at radius 2 is 2.05 bits per heavy atom. The Labute approximate surface area is 118 Å². The first kappa shape index (κ1) is 14.7. The highest BCUT2D eigenvalue weighted by atomic mass is 16.2. The summed E-state index contributed by atoms with van der Waals surface area (Å²) in [6.45, 7) is 4.56. The minimum absolute atomic E-state index is 0.200. The number of nitrogen functional groups attached to an aromatic ring is 1. The predicted molar refractivity (Wildman–Crippen MR) is 81.1 cm³/mol. The zero-order valence-electron chi connectivity index (χ0n) is 12.5. The summed E-state index contributed by atoms with van der Waals surface area (Å²) in [7, 11) is 1.50. The van der Waals surface area contributed by atoms with Gasteiger partial charge in [0.05, 0.1) is 0 Å². The quantitative estimate of drug-likeness (QED) is 0.847. The van der Waals surface area contributed by atoms with E-state index in [1.165, 1.54) is 30.9 Å². The molecule has 1 atom stereocenters. The molecular formula is C14H24N4O2. The number of nitrogens with one attached hydrogen (secondary N) is 1. The van der Waals surface area contributed by atoms with Gasteiger partial charge in [0.2, 0.25) is 0 Å². The number of anilines is 2. The maximum atomic E-state index is 12.2. The molecule has 1 aromatic heterocycles. The van der Waals surface area contributed by atoms with Crippen molar-refractivity contribution in [3.05, 3.63) is 20.8 Å². The molecule has 1 unspecified atom stereocenters. The molecule has 0 radical (unpaired) electrons. The Morgan fingerprint density at radius 1 is 1.40 bits per heavy atom. The lowest BCUT2D eigenvalue weighted by Gasteiger charge is -2.32. The Bertz CT molecular complexity index is 598. The summed E-state index contributed by atoms with van der Waals surface area (Å²) in [6, 6.07) is 0.200. The minimum atomic E-state index is -0.351. The summed E-state index contributed by atoms with van der Waals surface area (Å²) in [6.07, 6.45) is 4.41. The van der Waals surface area contributed by atoms with Gasteiger partial charge in [-0.05, 0) is 32.1 Å². The van der Waals surface area contributed by atoms with Gasteiger partial charge in [-0.15, -0.1) is 0 Å². The van der Waals surface area contributed by atoms with Crippen molar-refractivity contribution in [2.24, 2.45) is 13.0 Å². The number of hydrogen-bond acceptors (Lipinski definition) is 4. The molecule has 3 N–H and O–H groups in total. The third-order valence-corrected chi connectivity index (χ3v) is 4.26. The van der Waals surface area contributed by atoms with Crippen molar-refractivity contribution in [1.29, 1.82) is 0 Å². The Kier molecular flexibility index (Phi) is 4.20. The van der Waals surface area contributed by atoms with Gasteiger partial charge in [-0.2, -0.15) is 0 Å². The topological polar surface area (TPSA) is 82.0 Å². The molecular weight excluding hydrogens is 256 g/mol. The van der Waals surface area contributed by atoms with Crippen LogP contribution in [0.25, 0.3) is 0 Å². The summed E-state index contributed by atoms with van der Waals surface area (Å²) >= 11 is 0. The molecule has 20 heavy (non-hydrogen) atoms. The Balaban J connectivity index is 2.40. The van der Waals surface area contributed by atoms with Crippen molar-refractivity contribution in [1.82, 2.24) is 9.13 Å². The fraction of sp³-hybridized carbons (Fsp3) is 0.714. The van der Waals surface area contributed by atoms with Gasteiger partial charge in [-0.1, -0.05) is 13.3 Å². The lowest BCUT2D eigenvalue weighted by Crippen LogP contribution is -2.42. The lowest BCUT2D eigenvalue weighted by atomic mass is 9.80. The average molecular weight is 280 g/mol. The molecule has 0 aliphatic heterocycles. The summed E-state index contributed by atoms with van der Waals surface area (Å²) in [5.74, 6) is 0.844. The van der Waals surface area contributed by atoms with Crippen LogP contribution >= 0.6 is 0 Å². The lowest BCUT2D eigenvalue weighted by molar-refractivity contribution is 0.285. The summed E-state index contributed by atoms with van der Waals surface area (Å²) in [4.78, 5) is 24.3. The number of nitrogens with two attached hydrogens (primary N) is 1. The van der Waals surface area contributed by atoms with Crippen LogP contribution in [0.2, 0.25) is 0 Å². The van der Waals surface area contributed by atoms with Crippen LogP contribution < -0.4 is 22.3 Å². The van der Waals surface area contributed by atoms with E-state index in [0.717, 1.165) is 11.0 Å². The zero-order chi connectivity index (χ0) is 14.9. The number of nitrogens with zero attached hydrogens (tertiary/aromatic N) is 2. The van der Waals surface area contributed by atoms with E-state index in [0.29, 0.717) is 18.2 Å². The fourth-order valence-electron chi connectivity index (χ4n) is 2.64. The monoisotopic (exact) mass is 280 g/mol. The second-order valence-corrected chi connectivity index (χ2v) is 5.68. The van der Waals surface area contributed by atoms with Crippen LogP contribution in [0.5, 0.6) is 0 Å². The Hall–Kier alpha value is -1.72. The van der Waals surface area contributed by atoms with Gasteiger partial charge in [-0.25, -0.2) is 4.79 Å². The van der Waals surface area contributed by atoms with Gasteiger partial charge in [0.1, 0.15) is 11.5 Å². The summed E-state index contributed by atoms with van der Waals surface area (Å²) in [5.41, 5.74) is 5.70. The highest BCUT2D eigenvalue weighted by Crippen LogP contribution is 2.31. The van der Waals surface area contributed by atoms with Crippen LogP contribution in [0.15, 0.2) is 9.59 Å². The largest absolute Gasteiger partial charge is 0.383 e. The summed E-state index contributed by atoms with van der Waals surface area (Å²) in [5, 5.41) is 3.23. The molecule has 1 heterocycles. The third kappa shape index (κ3) is 2.46. The van der Waals surface area contributed by atoms with E-state index in [1.807, 2.05) is 6.92 Å². The Morgan fingerprint density at radius 3 is 2.55 bits per heavy atom. The molecule has 0 amide bonds. The molecule has 1 saturated carbocycles. The minimum Gasteiger partial charge on any atom is -0.383 e. The van der Waals surface area contributed by atoms with Crippen LogP contribution in [0.3, 0.4) is 0 Å². The van der Waals surface area contributed by atoms with Crippen LogP contribution in [0, 0.1) is 5.92 Å². The highest BCUT2D eigenvalue weighted by Gasteiger charge is 2.26. The number of aromatic nitrogens is 2. The average Bonchev–Trinajstić information content (AvgIpc) is 2.35. The maximum Gasteiger partial charge on any atom is 0.332 e. The van der Waals surface area contributed by atoms with Gasteiger partial charge >= 0.3 is 5.69 Å². The van der Waals surface area contributed by atoms with Gasteiger partial charge in [0.15, 0.2) is 0 Å². The third-order valence-electron chi connectivity index (χ3n) is 4.26. The second-order valence-electron chi connectivity index (χ2n) is 5.68. The molecule has 1 aromatic rings. The van der Waals surface area contributed by atoms with E-state index in [2.05, 4.69) is 12.2 Å². The van der Waals surface area contributed by atoms with Crippen molar-refractivity contribution >= 4 is 11.5 Å². The second kappa shape index (κ2) is 5.73. The molecule has 1 aliphatic carbocycles. The van der Waals surface area contributed by atoms with Crippen molar-refractivity contribution in [3.63, 3.8) is 0 Å². The highest BCUT2D eigenvalue weighted by molar-refractivity contribution is 5.61. The summed E-state index contributed by atoms with van der Waals surface area (Å²) < 4.78 is 2.60. The molecule has 0 saturated heterocycles. The molecule has 6 nitrogen and oxygen atoms in total. The molecule has 1 aliphatic rings. The van der Waals surface area contributed by atoms with E-state index in [9.17, 15) is 9.59 Å². The van der Waals surface area contributed by atoms with Gasteiger partial charge in [0, 0.05) is 19.6 Å². The molecule has 0 bridgehead atoms. The molecule has 0 aromatic carbocycles. The fourth-order valence-corrected chi connectivity index (χ4v) is 2.64. The SMILES string of the molecule is CCCn1c(N)c(NC(C)C2CCC2)c(=O)n(C)c1=O. The predicted octanol–water partition coefficient (Wildman–Crippen LogP) is 1.14. The molecule has 2 rings (SSSR count). The first-order valence-electron chi connectivity index (χ1n) is 7.33. The van der Waals surface area contributed by atoms with E-state index < -0.39 is 0 Å². The first-order chi connectivity index (χ1) is 9.47. The van der Waals surface area contributed by atoms with Crippen LogP contribution in [0.1, 0.15) is 39.5 Å². The zero-order valence-corrected chi connectivity index (χ0v) is 12.5. The van der Waals surface area contributed by atoms with E-state index in [-0.39, 0.29) is 23.1 Å². The molecule has 0 spiro atoms. The number of rotatable bonds is 5. The number of hydrogen-bond donors (Lipinski definition) is 2. The van der Waals surface area contributed by atoms with Crippen molar-refractivity contribution < 1.29 is 0 Å². The van der Waals surface area contributed by atoms with Gasteiger partial charge in [-0.3, -0.25) is 13.9 Å². The smallest absolute Gasteiger partial charge is 0.332 e. The van der Waals surface area contributed by atoms with E-state index in [1.54, 1.807) is 0 Å². The van der Waals surface area contributed by atoms with Gasteiger partial charge < -0.3 is 11.1 Å². The first-order valence-corrected chi connectivity index (χ1v) is 7.33. The van der Waals surface area contributed by atoms with Crippen LogP contribution in [0.4, 0.5) is 11.5 Å². The van der Waals surface area contributed by atoms with E-state index >= 15 is 0 Å². The molecule has 6 heteroatoms. The van der Waals surface area contributed by atoms with Gasteiger partial charge in [0.25, 0.3) is 5.56 Å². The molecule has 112 valence electrons. The van der Waals surface area contributed by atoms with Crippen LogP contribution in [-0.2, 0) is 13.6 Å². The van der Waals surface area contributed by atoms with E-state index in [4.69, 9.17) is 5.73 Å². The van der Waals surface area contributed by atoms with Crippen molar-refractivity contribution in [3.8, 4) is 0 Å². The molecule has 1 fully saturated rings. The van der Waals surface area contributed by atoms with Crippen LogP contribution in [-0.4, -0.2) is 15.2 Å². The standard InChI is InChI=1S/C14H24N4O2/c1-4-8-18-12(15)11(13(19)17(3)14(18)20)16-9(2)10-6-5-7-10/h9-10,16H,4-8,15H2,1-3H3.